The van der Waals surface area contributed by atoms with Crippen molar-refractivity contribution in [2.24, 2.45) is 9.98 Å². The van der Waals surface area contributed by atoms with Crippen LogP contribution >= 0.6 is 0 Å². The first kappa shape index (κ1) is 17.5. The fourth-order valence-corrected chi connectivity index (χ4v) is 2.71. The molecular formula is C23H18N4O. The van der Waals surface area contributed by atoms with Crippen LogP contribution in [0.2, 0.25) is 0 Å². The number of fused-ring (bicyclic) bond motifs is 2. The average Bonchev–Trinajstić information content (AvgIpc) is 2.73. The number of ether oxygens (including phenoxy) is 1. The SMILES string of the molecule is C1=C\C=C\C=C/COc2ccc3ncnc(c3c2)\N=c2/cccc/c2=C\N=C/1. The summed E-state index contributed by atoms with van der Waals surface area (Å²) in [4.78, 5) is 17.8. The molecule has 3 aromatic rings. The molecule has 0 saturated carbocycles. The maximum Gasteiger partial charge on any atom is 0.163 e. The zero-order valence-corrected chi connectivity index (χ0v) is 15.1. The minimum absolute atomic E-state index is 0.471. The van der Waals surface area contributed by atoms with Gasteiger partial charge in [0.05, 0.1) is 10.9 Å². The Morgan fingerprint density at radius 1 is 0.857 bits per heavy atom. The van der Waals surface area contributed by atoms with Gasteiger partial charge in [0.2, 0.25) is 0 Å². The van der Waals surface area contributed by atoms with Gasteiger partial charge in [-0.2, -0.15) is 0 Å². The standard InChI is InChI=1S/C23H18N4O/c1-2-4-8-14-28-19-11-12-22-20(15-19)23(26-17-25-22)27-21-10-6-5-9-18(21)16-24-13-7-3-1/h1-13,15-17H,14H2/b2-1+,7-3-,8-4-,18-16+,24-13-,27-21+. The first-order chi connectivity index (χ1) is 13.9. The lowest BCUT2D eigenvalue weighted by atomic mass is 10.2. The number of hydrogen-bond acceptors (Lipinski definition) is 5. The first-order valence-corrected chi connectivity index (χ1v) is 8.93. The highest BCUT2D eigenvalue weighted by Gasteiger charge is 2.04. The van der Waals surface area contributed by atoms with Crippen LogP contribution in [0.5, 0.6) is 5.75 Å². The monoisotopic (exact) mass is 366 g/mol. The summed E-state index contributed by atoms with van der Waals surface area (Å²) in [6, 6.07) is 13.6. The fourth-order valence-electron chi connectivity index (χ4n) is 2.71. The molecule has 0 N–H and O–H groups in total. The molecular weight excluding hydrogens is 348 g/mol. The Morgan fingerprint density at radius 3 is 2.75 bits per heavy atom. The van der Waals surface area contributed by atoms with Gasteiger partial charge in [-0.1, -0.05) is 42.5 Å². The van der Waals surface area contributed by atoms with E-state index >= 15 is 0 Å². The highest BCUT2D eigenvalue weighted by atomic mass is 16.5. The Morgan fingerprint density at radius 2 is 1.75 bits per heavy atom. The van der Waals surface area contributed by atoms with E-state index in [1.165, 1.54) is 6.33 Å². The van der Waals surface area contributed by atoms with Crippen molar-refractivity contribution in [3.63, 3.8) is 0 Å². The molecule has 0 amide bonds. The number of hydrogen-bond donors (Lipinski definition) is 0. The highest BCUT2D eigenvalue weighted by molar-refractivity contribution is 5.88. The second kappa shape index (κ2) is 8.68. The van der Waals surface area contributed by atoms with Crippen molar-refractivity contribution in [3.05, 3.63) is 95.8 Å². The zero-order chi connectivity index (χ0) is 19.0. The minimum Gasteiger partial charge on any atom is -0.490 e. The zero-order valence-electron chi connectivity index (χ0n) is 15.1. The van der Waals surface area contributed by atoms with E-state index in [9.17, 15) is 0 Å². The van der Waals surface area contributed by atoms with Crippen molar-refractivity contribution in [1.82, 2.24) is 9.97 Å². The minimum atomic E-state index is 0.471. The number of aromatic nitrogens is 2. The van der Waals surface area contributed by atoms with Gasteiger partial charge >= 0.3 is 0 Å². The van der Waals surface area contributed by atoms with Crippen molar-refractivity contribution in [2.75, 3.05) is 6.61 Å². The molecule has 4 rings (SSSR count). The number of benzene rings is 2. The number of rotatable bonds is 0. The van der Waals surface area contributed by atoms with Crippen LogP contribution in [0.3, 0.4) is 0 Å². The van der Waals surface area contributed by atoms with Crippen molar-refractivity contribution >= 4 is 29.1 Å². The summed E-state index contributed by atoms with van der Waals surface area (Å²) < 4.78 is 5.82. The van der Waals surface area contributed by atoms with Crippen LogP contribution in [-0.2, 0) is 0 Å². The lowest BCUT2D eigenvalue weighted by Gasteiger charge is -2.06. The second-order valence-corrected chi connectivity index (χ2v) is 5.98. The van der Waals surface area contributed by atoms with Crippen LogP contribution in [0, 0.1) is 0 Å². The van der Waals surface area contributed by atoms with Crippen molar-refractivity contribution in [2.45, 2.75) is 0 Å². The lowest BCUT2D eigenvalue weighted by molar-refractivity contribution is 0.363. The largest absolute Gasteiger partial charge is 0.490 e. The Bertz CT molecular complexity index is 1220. The molecule has 0 spiro atoms. The maximum absolute atomic E-state index is 5.82. The Balaban J connectivity index is 1.91. The first-order valence-electron chi connectivity index (χ1n) is 8.93. The third kappa shape index (κ3) is 4.27. The summed E-state index contributed by atoms with van der Waals surface area (Å²) >= 11 is 0. The van der Waals surface area contributed by atoms with Gasteiger partial charge in [0.25, 0.3) is 0 Å². The van der Waals surface area contributed by atoms with Crippen LogP contribution in [0.4, 0.5) is 5.82 Å². The van der Waals surface area contributed by atoms with E-state index in [0.29, 0.717) is 12.4 Å². The third-order valence-electron chi connectivity index (χ3n) is 4.06. The van der Waals surface area contributed by atoms with Crippen LogP contribution in [0.25, 0.3) is 17.1 Å². The Hall–Kier alpha value is -3.86. The van der Waals surface area contributed by atoms with E-state index in [1.807, 2.05) is 78.9 Å². The third-order valence-corrected chi connectivity index (χ3v) is 4.06. The van der Waals surface area contributed by atoms with Gasteiger partial charge < -0.3 is 4.74 Å². The van der Waals surface area contributed by atoms with Crippen molar-refractivity contribution in [3.8, 4) is 5.75 Å². The maximum atomic E-state index is 5.82. The van der Waals surface area contributed by atoms with E-state index in [4.69, 9.17) is 9.73 Å². The van der Waals surface area contributed by atoms with Gasteiger partial charge in [0, 0.05) is 23.0 Å². The molecule has 0 unspecified atom stereocenters. The smallest absolute Gasteiger partial charge is 0.163 e. The molecule has 28 heavy (non-hydrogen) atoms. The molecule has 2 heterocycles. The van der Waals surface area contributed by atoms with Gasteiger partial charge in [0.1, 0.15) is 18.7 Å². The van der Waals surface area contributed by atoms with E-state index in [2.05, 4.69) is 15.0 Å². The molecule has 5 nitrogen and oxygen atoms in total. The topological polar surface area (TPSA) is 59.7 Å². The molecule has 5 heteroatoms. The Kier molecular flexibility index (Phi) is 5.44. The number of para-hydroxylation sites is 1. The van der Waals surface area contributed by atoms with Crippen LogP contribution in [-0.4, -0.2) is 22.8 Å². The van der Waals surface area contributed by atoms with Crippen molar-refractivity contribution < 1.29 is 4.74 Å². The highest BCUT2D eigenvalue weighted by Crippen LogP contribution is 2.25. The molecule has 0 saturated heterocycles. The quantitative estimate of drug-likeness (QED) is 0.612. The predicted octanol–water partition coefficient (Wildman–Crippen LogP) is 3.45. The average molecular weight is 366 g/mol. The summed E-state index contributed by atoms with van der Waals surface area (Å²) in [5.74, 6) is 1.35. The van der Waals surface area contributed by atoms with Gasteiger partial charge in [-0.25, -0.2) is 15.0 Å². The lowest BCUT2D eigenvalue weighted by Crippen LogP contribution is -2.23. The second-order valence-electron chi connectivity index (χ2n) is 5.98. The van der Waals surface area contributed by atoms with E-state index < -0.39 is 0 Å². The molecule has 1 aromatic heterocycles. The molecule has 0 radical (unpaired) electrons. The molecule has 1 aliphatic rings. The van der Waals surface area contributed by atoms with Gasteiger partial charge in [-0.15, -0.1) is 0 Å². The summed E-state index contributed by atoms with van der Waals surface area (Å²) in [7, 11) is 0. The van der Waals surface area contributed by atoms with E-state index in [0.717, 1.165) is 27.2 Å². The van der Waals surface area contributed by atoms with Gasteiger partial charge in [-0.05, 0) is 36.4 Å². The van der Waals surface area contributed by atoms with Crippen LogP contribution < -0.4 is 15.3 Å². The molecule has 2 aromatic carbocycles. The molecule has 0 aliphatic carbocycles. The van der Waals surface area contributed by atoms with Crippen LogP contribution in [0.15, 0.2) is 95.2 Å². The molecule has 1 aliphatic heterocycles. The number of nitrogens with zero attached hydrogens (tertiary/aromatic N) is 4. The molecule has 2 bridgehead atoms. The molecule has 0 fully saturated rings. The summed E-state index contributed by atoms with van der Waals surface area (Å²) in [5, 5.41) is 2.54. The Labute approximate surface area is 162 Å². The molecule has 0 atom stereocenters. The van der Waals surface area contributed by atoms with Gasteiger partial charge in [0.15, 0.2) is 5.82 Å². The summed E-state index contributed by atoms with van der Waals surface area (Å²) in [6.07, 6.45) is 16.6. The van der Waals surface area contributed by atoms with E-state index in [1.54, 1.807) is 12.4 Å². The normalized spacial score (nSPS) is 20.9. The fraction of sp³-hybridized carbons (Fsp3) is 0.0435. The number of allylic oxidation sites excluding steroid dienone is 5. The summed E-state index contributed by atoms with van der Waals surface area (Å²) in [5.41, 5.74) is 0.818. The van der Waals surface area contributed by atoms with Crippen LogP contribution in [0.1, 0.15) is 0 Å². The van der Waals surface area contributed by atoms with Gasteiger partial charge in [-0.3, -0.25) is 4.99 Å². The predicted molar refractivity (Wildman–Crippen MR) is 112 cm³/mol. The van der Waals surface area contributed by atoms with Crippen molar-refractivity contribution in [1.29, 1.82) is 0 Å². The van der Waals surface area contributed by atoms with E-state index in [-0.39, 0.29) is 0 Å². The summed E-state index contributed by atoms with van der Waals surface area (Å²) in [6.45, 7) is 0.471. The molecule has 136 valence electrons. The number of aliphatic imine (C=N–C) groups is 1.